The number of nitrogens with one attached hydrogen (secondary N) is 1. The third kappa shape index (κ3) is 3.39. The van der Waals surface area contributed by atoms with Crippen LogP contribution in [-0.2, 0) is 27.6 Å². The number of rotatable bonds is 4. The number of ether oxygens (including phenoxy) is 1. The Balaban J connectivity index is 1.47. The van der Waals surface area contributed by atoms with Crippen LogP contribution in [0.1, 0.15) is 27.3 Å². The van der Waals surface area contributed by atoms with Gasteiger partial charge in [-0.25, -0.2) is 13.4 Å². The van der Waals surface area contributed by atoms with E-state index in [2.05, 4.69) is 10.3 Å². The number of fused-ring (bicyclic) bond motifs is 1. The topological polar surface area (TPSA) is 88.6 Å². The fourth-order valence-corrected chi connectivity index (χ4v) is 5.58. The summed E-state index contributed by atoms with van der Waals surface area (Å²) in [6.07, 6.45) is 3.12. The van der Waals surface area contributed by atoms with E-state index in [1.807, 2.05) is 0 Å². The predicted molar refractivity (Wildman–Crippen MR) is 98.1 cm³/mol. The molecule has 2 aromatic rings. The zero-order chi connectivity index (χ0) is 18.1. The number of aromatic nitrogens is 1. The molecule has 2 aliphatic rings. The van der Waals surface area contributed by atoms with E-state index in [1.165, 1.54) is 44.8 Å². The van der Waals surface area contributed by atoms with E-state index in [1.54, 1.807) is 0 Å². The normalized spacial score (nSPS) is 17.8. The number of hydrogen-bond acceptors (Lipinski definition) is 6. The van der Waals surface area contributed by atoms with E-state index in [9.17, 15) is 13.2 Å². The zero-order valence-electron chi connectivity index (χ0n) is 14.1. The number of carbonyl (C=O) groups excluding carboxylic acids is 1. The molecule has 1 N–H and O–H groups in total. The van der Waals surface area contributed by atoms with Crippen LogP contribution < -0.4 is 5.32 Å². The minimum atomic E-state index is -3.55. The van der Waals surface area contributed by atoms with Crippen molar-refractivity contribution < 1.29 is 17.9 Å². The Hall–Kier alpha value is -1.81. The number of anilines is 1. The summed E-state index contributed by atoms with van der Waals surface area (Å²) in [6.45, 7) is 1.49. The van der Waals surface area contributed by atoms with E-state index in [0.29, 0.717) is 37.0 Å². The second-order valence-electron chi connectivity index (χ2n) is 6.24. The fraction of sp³-hybridized carbons (Fsp3) is 0.412. The third-order valence-electron chi connectivity index (χ3n) is 4.54. The molecule has 0 spiro atoms. The molecule has 0 saturated carbocycles. The highest BCUT2D eigenvalue weighted by molar-refractivity contribution is 7.89. The minimum absolute atomic E-state index is 0.184. The number of sulfonamides is 1. The number of morpholine rings is 1. The average Bonchev–Trinajstić information content (AvgIpc) is 3.24. The van der Waals surface area contributed by atoms with Crippen LogP contribution >= 0.6 is 11.3 Å². The lowest BCUT2D eigenvalue weighted by atomic mass is 10.2. The molecule has 0 radical (unpaired) electrons. The van der Waals surface area contributed by atoms with Crippen LogP contribution in [-0.4, -0.2) is 49.9 Å². The van der Waals surface area contributed by atoms with Crippen molar-refractivity contribution >= 4 is 32.4 Å². The van der Waals surface area contributed by atoms with Crippen molar-refractivity contribution in [2.45, 2.75) is 24.2 Å². The summed E-state index contributed by atoms with van der Waals surface area (Å²) >= 11 is 1.51. The summed E-state index contributed by atoms with van der Waals surface area (Å²) in [4.78, 5) is 18.3. The maximum absolute atomic E-state index is 12.6. The molecule has 26 heavy (non-hydrogen) atoms. The van der Waals surface area contributed by atoms with Crippen molar-refractivity contribution in [3.63, 3.8) is 0 Å². The molecule has 4 rings (SSSR count). The number of benzene rings is 1. The van der Waals surface area contributed by atoms with Gasteiger partial charge in [-0.3, -0.25) is 10.1 Å². The SMILES string of the molecule is O=C(Nc1nc2c(s1)CCC2)c1ccc(S(=O)(=O)N2CCOCC2)cc1. The largest absolute Gasteiger partial charge is 0.379 e. The molecule has 1 aromatic carbocycles. The van der Waals surface area contributed by atoms with Gasteiger partial charge in [0.25, 0.3) is 5.91 Å². The highest BCUT2D eigenvalue weighted by Crippen LogP contribution is 2.30. The first-order valence-electron chi connectivity index (χ1n) is 8.52. The molecule has 1 aliphatic carbocycles. The Bertz CT molecular complexity index is 894. The van der Waals surface area contributed by atoms with Crippen LogP contribution in [0.4, 0.5) is 5.13 Å². The van der Waals surface area contributed by atoms with Gasteiger partial charge in [-0.15, -0.1) is 11.3 Å². The first kappa shape index (κ1) is 17.6. The maximum Gasteiger partial charge on any atom is 0.257 e. The van der Waals surface area contributed by atoms with Gasteiger partial charge < -0.3 is 4.74 Å². The van der Waals surface area contributed by atoms with Crippen molar-refractivity contribution in [3.05, 3.63) is 40.4 Å². The molecule has 0 atom stereocenters. The highest BCUT2D eigenvalue weighted by atomic mass is 32.2. The van der Waals surface area contributed by atoms with Crippen molar-refractivity contribution in [3.8, 4) is 0 Å². The van der Waals surface area contributed by atoms with E-state index < -0.39 is 10.0 Å². The van der Waals surface area contributed by atoms with Crippen LogP contribution in [0.5, 0.6) is 0 Å². The van der Waals surface area contributed by atoms with Gasteiger partial charge in [0.1, 0.15) is 0 Å². The van der Waals surface area contributed by atoms with Crippen molar-refractivity contribution in [2.24, 2.45) is 0 Å². The van der Waals surface area contributed by atoms with Gasteiger partial charge in [0.05, 0.1) is 23.8 Å². The van der Waals surface area contributed by atoms with Crippen LogP contribution in [0, 0.1) is 0 Å². The maximum atomic E-state index is 12.6. The molecule has 1 aromatic heterocycles. The Kier molecular flexibility index (Phi) is 4.78. The Morgan fingerprint density at radius 2 is 1.88 bits per heavy atom. The molecule has 1 fully saturated rings. The van der Waals surface area contributed by atoms with E-state index in [0.717, 1.165) is 25.0 Å². The minimum Gasteiger partial charge on any atom is -0.379 e. The number of thiazole rings is 1. The van der Waals surface area contributed by atoms with Gasteiger partial charge in [-0.1, -0.05) is 0 Å². The van der Waals surface area contributed by atoms with Crippen LogP contribution in [0.25, 0.3) is 0 Å². The van der Waals surface area contributed by atoms with Gasteiger partial charge in [0, 0.05) is 23.5 Å². The number of aryl methyl sites for hydroxylation is 2. The second kappa shape index (κ2) is 7.07. The number of amides is 1. The first-order chi connectivity index (χ1) is 12.5. The summed E-state index contributed by atoms with van der Waals surface area (Å²) in [5, 5.41) is 3.40. The van der Waals surface area contributed by atoms with Gasteiger partial charge in [-0.2, -0.15) is 4.31 Å². The zero-order valence-corrected chi connectivity index (χ0v) is 15.7. The molecular formula is C17H19N3O4S2. The molecule has 7 nitrogen and oxygen atoms in total. The first-order valence-corrected chi connectivity index (χ1v) is 10.8. The third-order valence-corrected chi connectivity index (χ3v) is 7.53. The average molecular weight is 393 g/mol. The lowest BCUT2D eigenvalue weighted by molar-refractivity contribution is 0.0730. The van der Waals surface area contributed by atoms with Crippen LogP contribution in [0.15, 0.2) is 29.2 Å². The van der Waals surface area contributed by atoms with Gasteiger partial charge in [-0.05, 0) is 43.5 Å². The quantitative estimate of drug-likeness (QED) is 0.857. The molecule has 1 saturated heterocycles. The molecule has 1 amide bonds. The Morgan fingerprint density at radius 1 is 1.15 bits per heavy atom. The Labute approximate surface area is 156 Å². The molecule has 1 aliphatic heterocycles. The van der Waals surface area contributed by atoms with Crippen molar-refractivity contribution in [2.75, 3.05) is 31.6 Å². The van der Waals surface area contributed by atoms with Gasteiger partial charge in [0.15, 0.2) is 5.13 Å². The molecule has 138 valence electrons. The smallest absolute Gasteiger partial charge is 0.257 e. The fourth-order valence-electron chi connectivity index (χ4n) is 3.13. The van der Waals surface area contributed by atoms with Gasteiger partial charge >= 0.3 is 0 Å². The van der Waals surface area contributed by atoms with Gasteiger partial charge in [0.2, 0.25) is 10.0 Å². The standard InChI is InChI=1S/C17H19N3O4S2/c21-16(19-17-18-14-2-1-3-15(14)25-17)12-4-6-13(7-5-12)26(22,23)20-8-10-24-11-9-20/h4-7H,1-3,8-11H2,(H,18,19,21). The molecular weight excluding hydrogens is 374 g/mol. The predicted octanol–water partition coefficient (Wildman–Crippen LogP) is 1.91. The summed E-state index contributed by atoms with van der Waals surface area (Å²) in [7, 11) is -3.55. The van der Waals surface area contributed by atoms with E-state index in [4.69, 9.17) is 4.74 Å². The number of nitrogens with zero attached hydrogens (tertiary/aromatic N) is 2. The highest BCUT2D eigenvalue weighted by Gasteiger charge is 2.26. The van der Waals surface area contributed by atoms with Crippen molar-refractivity contribution in [1.29, 1.82) is 0 Å². The summed E-state index contributed by atoms with van der Waals surface area (Å²) < 4.78 is 31.8. The summed E-state index contributed by atoms with van der Waals surface area (Å²) in [6, 6.07) is 6.01. The van der Waals surface area contributed by atoms with E-state index in [-0.39, 0.29) is 10.8 Å². The van der Waals surface area contributed by atoms with Crippen LogP contribution in [0.2, 0.25) is 0 Å². The monoisotopic (exact) mass is 393 g/mol. The molecule has 0 unspecified atom stereocenters. The van der Waals surface area contributed by atoms with Crippen LogP contribution in [0.3, 0.4) is 0 Å². The second-order valence-corrected chi connectivity index (χ2v) is 9.26. The lowest BCUT2D eigenvalue weighted by Crippen LogP contribution is -2.40. The summed E-state index contributed by atoms with van der Waals surface area (Å²) in [5.74, 6) is -0.284. The van der Waals surface area contributed by atoms with Crippen molar-refractivity contribution in [1.82, 2.24) is 9.29 Å². The molecule has 9 heteroatoms. The number of hydrogen-bond donors (Lipinski definition) is 1. The van der Waals surface area contributed by atoms with E-state index >= 15 is 0 Å². The Morgan fingerprint density at radius 3 is 2.58 bits per heavy atom. The lowest BCUT2D eigenvalue weighted by Gasteiger charge is -2.26. The summed E-state index contributed by atoms with van der Waals surface area (Å²) in [5.41, 5.74) is 1.48. The number of carbonyl (C=O) groups is 1. The molecule has 0 bridgehead atoms. The molecule has 2 heterocycles.